The van der Waals surface area contributed by atoms with Gasteiger partial charge in [-0.25, -0.2) is 14.1 Å². The fourth-order valence-corrected chi connectivity index (χ4v) is 3.55. The molecular formula is C24H25FN6O. The fourth-order valence-electron chi connectivity index (χ4n) is 3.55. The first-order chi connectivity index (χ1) is 15.3. The summed E-state index contributed by atoms with van der Waals surface area (Å²) in [6.07, 6.45) is 0. The van der Waals surface area contributed by atoms with Gasteiger partial charge in [0, 0.05) is 5.56 Å². The van der Waals surface area contributed by atoms with Gasteiger partial charge in [0.15, 0.2) is 18.3 Å². The molecule has 2 N–H and O–H groups in total. The van der Waals surface area contributed by atoms with Crippen LogP contribution >= 0.6 is 0 Å². The molecule has 4 rings (SSSR count). The van der Waals surface area contributed by atoms with Gasteiger partial charge in [0.25, 0.3) is 0 Å². The zero-order chi connectivity index (χ0) is 22.9. The number of hydrogen-bond donors (Lipinski definition) is 1. The number of amidine groups is 1. The van der Waals surface area contributed by atoms with Crippen LogP contribution in [0.25, 0.3) is 11.3 Å². The molecule has 0 saturated carbocycles. The highest BCUT2D eigenvalue weighted by Gasteiger charge is 2.31. The van der Waals surface area contributed by atoms with E-state index in [4.69, 9.17) is 20.7 Å². The predicted molar refractivity (Wildman–Crippen MR) is 125 cm³/mol. The number of oxime groups is 1. The molecule has 32 heavy (non-hydrogen) atoms. The van der Waals surface area contributed by atoms with Crippen molar-refractivity contribution in [1.29, 1.82) is 0 Å². The third-order valence-corrected chi connectivity index (χ3v) is 5.36. The van der Waals surface area contributed by atoms with Crippen molar-refractivity contribution < 1.29 is 9.23 Å². The summed E-state index contributed by atoms with van der Waals surface area (Å²) in [7, 11) is 0. The largest absolute Gasteiger partial charge is 0.388 e. The lowest BCUT2D eigenvalue weighted by molar-refractivity contribution is 0.184. The Labute approximate surface area is 186 Å². The molecule has 0 saturated heterocycles. The Hall–Kier alpha value is -3.81. The van der Waals surface area contributed by atoms with E-state index in [0.29, 0.717) is 29.3 Å². The molecular weight excluding hydrogens is 407 g/mol. The molecule has 0 unspecified atom stereocenters. The molecule has 8 heteroatoms. The van der Waals surface area contributed by atoms with Gasteiger partial charge >= 0.3 is 0 Å². The Balaban J connectivity index is 1.86. The second-order valence-electron chi connectivity index (χ2n) is 8.32. The minimum absolute atomic E-state index is 0.0869. The normalized spacial score (nSPS) is 15.8. The van der Waals surface area contributed by atoms with E-state index in [9.17, 15) is 4.39 Å². The van der Waals surface area contributed by atoms with Crippen molar-refractivity contribution in [2.45, 2.75) is 26.3 Å². The van der Waals surface area contributed by atoms with Crippen molar-refractivity contribution in [3.8, 4) is 11.3 Å². The van der Waals surface area contributed by atoms with E-state index >= 15 is 0 Å². The Kier molecular flexibility index (Phi) is 5.61. The highest BCUT2D eigenvalue weighted by Crippen LogP contribution is 2.35. The topological polar surface area (TPSA) is 90.1 Å². The number of nitrogens with zero attached hydrogens (tertiary/aromatic N) is 5. The molecule has 2 heterocycles. The van der Waals surface area contributed by atoms with Gasteiger partial charge in [0.1, 0.15) is 11.5 Å². The Morgan fingerprint density at radius 2 is 1.75 bits per heavy atom. The van der Waals surface area contributed by atoms with E-state index in [2.05, 4.69) is 16.9 Å². The zero-order valence-electron chi connectivity index (χ0n) is 18.3. The van der Waals surface area contributed by atoms with Crippen molar-refractivity contribution >= 4 is 24.1 Å². The van der Waals surface area contributed by atoms with Crippen molar-refractivity contribution in [3.05, 3.63) is 71.0 Å². The molecule has 2 aromatic carbocycles. The van der Waals surface area contributed by atoms with Crippen LogP contribution in [-0.4, -0.2) is 41.2 Å². The Morgan fingerprint density at radius 1 is 1.09 bits per heavy atom. The third-order valence-electron chi connectivity index (χ3n) is 5.36. The van der Waals surface area contributed by atoms with Crippen molar-refractivity contribution in [3.63, 3.8) is 0 Å². The van der Waals surface area contributed by atoms with Crippen LogP contribution < -0.4 is 5.73 Å². The smallest absolute Gasteiger partial charge is 0.176 e. The molecule has 0 spiro atoms. The summed E-state index contributed by atoms with van der Waals surface area (Å²) in [6, 6.07) is 14.1. The maximum Gasteiger partial charge on any atom is 0.176 e. The first-order valence-corrected chi connectivity index (χ1v) is 10.2. The number of rotatable bonds is 3. The molecule has 0 fully saturated rings. The van der Waals surface area contributed by atoms with Crippen LogP contribution in [0.2, 0.25) is 0 Å². The molecule has 7 nitrogen and oxygen atoms in total. The van der Waals surface area contributed by atoms with Crippen LogP contribution in [-0.2, 0) is 10.4 Å². The standard InChI is InChI=1S/C24H25FN6O/c1-15-5-7-17(8-6-15)21-20-22(26)30-32-13-19(16-9-11-18(25)12-10-16)28-14-24(2,3)31(29-21)23(20)27-4/h5-12H,4,13-14H2,1-3H3,(H2,26,30). The van der Waals surface area contributed by atoms with Crippen LogP contribution in [0.4, 0.5) is 10.2 Å². The van der Waals surface area contributed by atoms with Gasteiger partial charge in [-0.2, -0.15) is 5.10 Å². The van der Waals surface area contributed by atoms with Crippen molar-refractivity contribution in [1.82, 2.24) is 9.78 Å². The Morgan fingerprint density at radius 3 is 2.41 bits per heavy atom. The number of aromatic nitrogens is 2. The van der Waals surface area contributed by atoms with E-state index in [1.165, 1.54) is 12.1 Å². The summed E-state index contributed by atoms with van der Waals surface area (Å²) >= 11 is 0. The number of hydrogen-bond acceptors (Lipinski definition) is 6. The molecule has 1 aliphatic rings. The highest BCUT2D eigenvalue weighted by atomic mass is 19.1. The molecule has 164 valence electrons. The van der Waals surface area contributed by atoms with Crippen LogP contribution in [0.1, 0.15) is 30.5 Å². The lowest BCUT2D eigenvalue weighted by Crippen LogP contribution is -2.31. The second kappa shape index (κ2) is 8.37. The maximum atomic E-state index is 13.4. The van der Waals surface area contributed by atoms with Gasteiger partial charge in [0.2, 0.25) is 0 Å². The molecule has 0 radical (unpaired) electrons. The highest BCUT2D eigenvalue weighted by molar-refractivity contribution is 6.07. The van der Waals surface area contributed by atoms with Gasteiger partial charge < -0.3 is 10.6 Å². The quantitative estimate of drug-likeness (QED) is 0.629. The van der Waals surface area contributed by atoms with Gasteiger partial charge in [-0.15, -0.1) is 0 Å². The molecule has 2 bridgehead atoms. The number of benzene rings is 2. The van der Waals surface area contributed by atoms with Crippen LogP contribution in [0, 0.1) is 12.7 Å². The van der Waals surface area contributed by atoms with Gasteiger partial charge in [0.05, 0.1) is 23.4 Å². The van der Waals surface area contributed by atoms with Crippen LogP contribution in [0.5, 0.6) is 0 Å². The second-order valence-corrected chi connectivity index (χ2v) is 8.32. The minimum Gasteiger partial charge on any atom is -0.388 e. The van der Waals surface area contributed by atoms with Gasteiger partial charge in [-0.05, 0) is 45.2 Å². The summed E-state index contributed by atoms with van der Waals surface area (Å²) in [5.74, 6) is 0.324. The Bertz CT molecular complexity index is 1210. The first kappa shape index (κ1) is 21.4. The number of halogens is 1. The molecule has 1 aliphatic heterocycles. The number of aliphatic imine (C=N–C) groups is 2. The summed E-state index contributed by atoms with van der Waals surface area (Å²) in [5, 5.41) is 8.98. The van der Waals surface area contributed by atoms with Crippen molar-refractivity contribution in [2.75, 3.05) is 13.2 Å². The number of aryl methyl sites for hydroxylation is 1. The lowest BCUT2D eigenvalue weighted by Gasteiger charge is -2.25. The van der Waals surface area contributed by atoms with Crippen LogP contribution in [0.15, 0.2) is 63.7 Å². The minimum atomic E-state index is -0.565. The van der Waals surface area contributed by atoms with E-state index in [-0.39, 0.29) is 18.3 Å². The van der Waals surface area contributed by atoms with E-state index in [0.717, 1.165) is 16.7 Å². The SMILES string of the molecule is C=Nc1c2c(-c3ccc(C)cc3)nn1C(C)(C)CN=C(c1ccc(F)cc1)CON=C2N. The molecule has 0 amide bonds. The number of fused-ring (bicyclic) bond motifs is 2. The summed E-state index contributed by atoms with van der Waals surface area (Å²) < 4.78 is 15.2. The monoisotopic (exact) mass is 432 g/mol. The zero-order valence-corrected chi connectivity index (χ0v) is 18.3. The average molecular weight is 433 g/mol. The maximum absolute atomic E-state index is 13.4. The summed E-state index contributed by atoms with van der Waals surface area (Å²) in [6.45, 7) is 10.2. The molecule has 0 atom stereocenters. The van der Waals surface area contributed by atoms with E-state index < -0.39 is 5.54 Å². The third kappa shape index (κ3) is 4.03. The predicted octanol–water partition coefficient (Wildman–Crippen LogP) is 4.20. The van der Waals surface area contributed by atoms with Crippen LogP contribution in [0.3, 0.4) is 0 Å². The van der Waals surface area contributed by atoms with Gasteiger partial charge in [-0.3, -0.25) is 4.99 Å². The fraction of sp³-hybridized carbons (Fsp3) is 0.250. The average Bonchev–Trinajstić information content (AvgIpc) is 3.17. The van der Waals surface area contributed by atoms with Gasteiger partial charge in [-0.1, -0.05) is 47.1 Å². The molecule has 1 aromatic heterocycles. The molecule has 0 aliphatic carbocycles. The molecule has 3 aromatic rings. The number of nitrogens with two attached hydrogens (primary N) is 1. The summed E-state index contributed by atoms with van der Waals surface area (Å²) in [4.78, 5) is 14.6. The van der Waals surface area contributed by atoms with Crippen molar-refractivity contribution in [2.24, 2.45) is 20.9 Å². The van der Waals surface area contributed by atoms with E-state index in [1.54, 1.807) is 16.8 Å². The first-order valence-electron chi connectivity index (χ1n) is 10.2. The summed E-state index contributed by atoms with van der Waals surface area (Å²) in [5.41, 5.74) is 10.4. The van der Waals surface area contributed by atoms with E-state index in [1.807, 2.05) is 45.0 Å². The lowest BCUT2D eigenvalue weighted by atomic mass is 10.0.